The van der Waals surface area contributed by atoms with E-state index < -0.39 is 0 Å². The quantitative estimate of drug-likeness (QED) is 0.606. The Hall–Kier alpha value is -0.480. The molecular formula is C10H17N. The van der Waals surface area contributed by atoms with Crippen LogP contribution < -0.4 is 5.32 Å². The van der Waals surface area contributed by atoms with Gasteiger partial charge in [-0.1, -0.05) is 25.7 Å². The predicted molar refractivity (Wildman–Crippen MR) is 48.3 cm³/mol. The Morgan fingerprint density at radius 3 is 3.00 bits per heavy atom. The Morgan fingerprint density at radius 1 is 1.55 bits per heavy atom. The average molecular weight is 151 g/mol. The van der Waals surface area contributed by atoms with Crippen molar-refractivity contribution in [2.45, 2.75) is 38.6 Å². The molecule has 1 saturated carbocycles. The largest absolute Gasteiger partial charge is 0.303 e. The van der Waals surface area contributed by atoms with Crippen LogP contribution in [0.5, 0.6) is 0 Å². The third-order valence-electron chi connectivity index (χ3n) is 2.65. The molecule has 62 valence electrons. The third-order valence-corrected chi connectivity index (χ3v) is 2.65. The van der Waals surface area contributed by atoms with Gasteiger partial charge >= 0.3 is 0 Å². The van der Waals surface area contributed by atoms with Crippen LogP contribution in [0.25, 0.3) is 0 Å². The molecule has 0 radical (unpaired) electrons. The molecule has 0 amide bonds. The minimum absolute atomic E-state index is 0.705. The molecular weight excluding hydrogens is 134 g/mol. The zero-order valence-corrected chi connectivity index (χ0v) is 7.27. The second-order valence-electron chi connectivity index (χ2n) is 3.29. The molecule has 0 aromatic carbocycles. The first kappa shape index (κ1) is 8.62. The van der Waals surface area contributed by atoms with Crippen LogP contribution in [0.3, 0.4) is 0 Å². The zero-order chi connectivity index (χ0) is 8.10. The van der Waals surface area contributed by atoms with E-state index in [4.69, 9.17) is 6.42 Å². The Labute approximate surface area is 69.6 Å². The summed E-state index contributed by atoms with van der Waals surface area (Å²) < 4.78 is 0. The van der Waals surface area contributed by atoms with Crippen LogP contribution >= 0.6 is 0 Å². The summed E-state index contributed by atoms with van der Waals surface area (Å²) in [5, 5.41) is 3.40. The van der Waals surface area contributed by atoms with Gasteiger partial charge in [0, 0.05) is 6.04 Å². The second kappa shape index (κ2) is 4.41. The van der Waals surface area contributed by atoms with Gasteiger partial charge in [-0.25, -0.2) is 0 Å². The van der Waals surface area contributed by atoms with Crippen molar-refractivity contribution in [3.63, 3.8) is 0 Å². The first-order chi connectivity index (χ1) is 5.38. The highest BCUT2D eigenvalue weighted by Crippen LogP contribution is 2.27. The Bertz CT molecular complexity index is 145. The molecule has 0 aromatic heterocycles. The molecule has 2 atom stereocenters. The van der Waals surface area contributed by atoms with Gasteiger partial charge < -0.3 is 5.32 Å². The van der Waals surface area contributed by atoms with Crippen molar-refractivity contribution >= 4 is 0 Å². The fourth-order valence-electron chi connectivity index (χ4n) is 1.98. The molecule has 1 nitrogen and oxygen atoms in total. The van der Waals surface area contributed by atoms with Gasteiger partial charge in [0.05, 0.1) is 6.54 Å². The molecule has 1 N–H and O–H groups in total. The fourth-order valence-corrected chi connectivity index (χ4v) is 1.98. The minimum atomic E-state index is 0.705. The van der Waals surface area contributed by atoms with Crippen molar-refractivity contribution in [1.82, 2.24) is 5.32 Å². The van der Waals surface area contributed by atoms with Crippen LogP contribution in [0, 0.1) is 18.3 Å². The maximum Gasteiger partial charge on any atom is 0.0576 e. The van der Waals surface area contributed by atoms with Crippen molar-refractivity contribution < 1.29 is 0 Å². The van der Waals surface area contributed by atoms with Crippen LogP contribution in [0.4, 0.5) is 0 Å². The van der Waals surface area contributed by atoms with Crippen LogP contribution in [-0.2, 0) is 0 Å². The molecule has 11 heavy (non-hydrogen) atoms. The topological polar surface area (TPSA) is 12.0 Å². The summed E-state index contributed by atoms with van der Waals surface area (Å²) in [4.78, 5) is 0. The van der Waals surface area contributed by atoms with Gasteiger partial charge in [-0.3, -0.25) is 0 Å². The molecule has 1 fully saturated rings. The summed E-state index contributed by atoms with van der Waals surface area (Å²) in [6.45, 7) is 3.00. The van der Waals surface area contributed by atoms with Crippen molar-refractivity contribution in [3.05, 3.63) is 0 Å². The van der Waals surface area contributed by atoms with Crippen molar-refractivity contribution in [3.8, 4) is 12.3 Å². The van der Waals surface area contributed by atoms with Crippen molar-refractivity contribution in [2.75, 3.05) is 6.54 Å². The average Bonchev–Trinajstić information content (AvgIpc) is 2.47. The Kier molecular flexibility index (Phi) is 3.45. The van der Waals surface area contributed by atoms with E-state index in [1.807, 2.05) is 0 Å². The lowest BCUT2D eigenvalue weighted by atomic mass is 10.0. The van der Waals surface area contributed by atoms with E-state index in [0.29, 0.717) is 6.04 Å². The lowest BCUT2D eigenvalue weighted by Crippen LogP contribution is -2.32. The molecule has 0 aliphatic heterocycles. The van der Waals surface area contributed by atoms with E-state index in [0.717, 1.165) is 12.5 Å². The molecule has 0 aromatic rings. The highest BCUT2D eigenvalue weighted by Gasteiger charge is 2.24. The highest BCUT2D eigenvalue weighted by atomic mass is 14.9. The smallest absolute Gasteiger partial charge is 0.0576 e. The molecule has 1 aliphatic rings. The van der Waals surface area contributed by atoms with Gasteiger partial charge in [0.25, 0.3) is 0 Å². The summed E-state index contributed by atoms with van der Waals surface area (Å²) in [6, 6.07) is 0.705. The fraction of sp³-hybridized carbons (Fsp3) is 0.800. The molecule has 0 saturated heterocycles. The predicted octanol–water partition coefficient (Wildman–Crippen LogP) is 1.79. The van der Waals surface area contributed by atoms with Gasteiger partial charge in [-0.15, -0.1) is 6.42 Å². The maximum atomic E-state index is 5.18. The number of nitrogens with one attached hydrogen (secondary N) is 1. The standard InChI is InChI=1S/C10H17N/c1-3-8-11-10-7-5-6-9(10)4-2/h1,9-11H,4-8H2,2H3. The molecule has 0 bridgehead atoms. The van der Waals surface area contributed by atoms with Gasteiger partial charge in [0.2, 0.25) is 0 Å². The van der Waals surface area contributed by atoms with Crippen LogP contribution in [0.15, 0.2) is 0 Å². The van der Waals surface area contributed by atoms with Gasteiger partial charge in [-0.2, -0.15) is 0 Å². The van der Waals surface area contributed by atoms with Gasteiger partial charge in [0.15, 0.2) is 0 Å². The van der Waals surface area contributed by atoms with E-state index in [-0.39, 0.29) is 0 Å². The summed E-state index contributed by atoms with van der Waals surface area (Å²) in [5.41, 5.74) is 0. The lowest BCUT2D eigenvalue weighted by Gasteiger charge is -2.17. The van der Waals surface area contributed by atoms with E-state index in [2.05, 4.69) is 18.2 Å². The monoisotopic (exact) mass is 151 g/mol. The lowest BCUT2D eigenvalue weighted by molar-refractivity contribution is 0.405. The number of hydrogen-bond donors (Lipinski definition) is 1. The van der Waals surface area contributed by atoms with Crippen molar-refractivity contribution in [2.24, 2.45) is 5.92 Å². The normalized spacial score (nSPS) is 30.2. The van der Waals surface area contributed by atoms with E-state index in [9.17, 15) is 0 Å². The summed E-state index contributed by atoms with van der Waals surface area (Å²) >= 11 is 0. The summed E-state index contributed by atoms with van der Waals surface area (Å²) in [7, 11) is 0. The summed E-state index contributed by atoms with van der Waals surface area (Å²) in [5.74, 6) is 3.51. The van der Waals surface area contributed by atoms with E-state index in [1.54, 1.807) is 0 Å². The van der Waals surface area contributed by atoms with Crippen molar-refractivity contribution in [1.29, 1.82) is 0 Å². The molecule has 0 spiro atoms. The van der Waals surface area contributed by atoms with Crippen LogP contribution in [0.2, 0.25) is 0 Å². The van der Waals surface area contributed by atoms with Crippen LogP contribution in [0.1, 0.15) is 32.6 Å². The second-order valence-corrected chi connectivity index (χ2v) is 3.29. The SMILES string of the molecule is C#CCNC1CCCC1CC. The van der Waals surface area contributed by atoms with Gasteiger partial charge in [0.1, 0.15) is 0 Å². The molecule has 1 aliphatic carbocycles. The van der Waals surface area contributed by atoms with E-state index in [1.165, 1.54) is 25.7 Å². The molecule has 1 rings (SSSR count). The van der Waals surface area contributed by atoms with E-state index >= 15 is 0 Å². The van der Waals surface area contributed by atoms with Crippen LogP contribution in [-0.4, -0.2) is 12.6 Å². The Morgan fingerprint density at radius 2 is 2.36 bits per heavy atom. The highest BCUT2D eigenvalue weighted by molar-refractivity contribution is 4.91. The summed E-state index contributed by atoms with van der Waals surface area (Å²) in [6.07, 6.45) is 10.6. The third kappa shape index (κ3) is 2.24. The molecule has 0 heterocycles. The maximum absolute atomic E-state index is 5.18. The molecule has 2 unspecified atom stereocenters. The number of hydrogen-bond acceptors (Lipinski definition) is 1. The number of rotatable bonds is 3. The molecule has 1 heteroatoms. The number of terminal acetylenes is 1. The Balaban J connectivity index is 2.27. The first-order valence-electron chi connectivity index (χ1n) is 4.55. The minimum Gasteiger partial charge on any atom is -0.303 e. The first-order valence-corrected chi connectivity index (χ1v) is 4.55. The zero-order valence-electron chi connectivity index (χ0n) is 7.27. The van der Waals surface area contributed by atoms with Gasteiger partial charge in [-0.05, 0) is 18.8 Å².